The van der Waals surface area contributed by atoms with Gasteiger partial charge in [-0.25, -0.2) is 0 Å². The van der Waals surface area contributed by atoms with Crippen LogP contribution in [0.3, 0.4) is 0 Å². The number of nitrogens with zero attached hydrogens (tertiary/aromatic N) is 1. The first kappa shape index (κ1) is 19.2. The van der Waals surface area contributed by atoms with Crippen LogP contribution in [-0.4, -0.2) is 24.0 Å². The number of hydrogen-bond donors (Lipinski definition) is 1. The first-order valence-electron chi connectivity index (χ1n) is 7.07. The van der Waals surface area contributed by atoms with Crippen molar-refractivity contribution >= 4 is 49.1 Å². The number of halogens is 2. The summed E-state index contributed by atoms with van der Waals surface area (Å²) in [6.07, 6.45) is -0.794. The number of nitrogens with one attached hydrogen (secondary N) is 1. The molecule has 0 aromatic heterocycles. The standard InChI is InChI=1S/C16H14Br2N2O5/c1-9(25-14-6-3-10(17)7-12(14)18)16(21)19-13-5-4-11(20(22)23)8-15(13)24-2/h3-9H,1-2H3,(H,19,21)/t9-/m0/s1. The van der Waals surface area contributed by atoms with E-state index < -0.39 is 16.9 Å². The lowest BCUT2D eigenvalue weighted by atomic mass is 10.2. The number of nitro benzene ring substituents is 1. The molecule has 25 heavy (non-hydrogen) atoms. The fourth-order valence-corrected chi connectivity index (χ4v) is 3.09. The Bertz CT molecular complexity index is 813. The number of amides is 1. The number of carbonyl (C=O) groups is 1. The van der Waals surface area contributed by atoms with Crippen LogP contribution in [0.25, 0.3) is 0 Å². The molecule has 1 atom stereocenters. The largest absolute Gasteiger partial charge is 0.494 e. The fourth-order valence-electron chi connectivity index (χ4n) is 1.95. The van der Waals surface area contributed by atoms with Gasteiger partial charge in [0.15, 0.2) is 6.10 Å². The maximum Gasteiger partial charge on any atom is 0.273 e. The Kier molecular flexibility index (Phi) is 6.38. The van der Waals surface area contributed by atoms with Crippen molar-refractivity contribution in [2.24, 2.45) is 0 Å². The number of ether oxygens (including phenoxy) is 2. The highest BCUT2D eigenvalue weighted by atomic mass is 79.9. The summed E-state index contributed by atoms with van der Waals surface area (Å²) in [5.41, 5.74) is 0.196. The van der Waals surface area contributed by atoms with Gasteiger partial charge in [0.1, 0.15) is 11.5 Å². The predicted molar refractivity (Wildman–Crippen MR) is 100 cm³/mol. The molecular formula is C16H14Br2N2O5. The van der Waals surface area contributed by atoms with E-state index in [0.29, 0.717) is 15.9 Å². The molecule has 2 aromatic rings. The summed E-state index contributed by atoms with van der Waals surface area (Å²) < 4.78 is 12.3. The van der Waals surface area contributed by atoms with E-state index >= 15 is 0 Å². The lowest BCUT2D eigenvalue weighted by molar-refractivity contribution is -0.384. The van der Waals surface area contributed by atoms with E-state index in [4.69, 9.17) is 9.47 Å². The van der Waals surface area contributed by atoms with Gasteiger partial charge in [-0.15, -0.1) is 0 Å². The van der Waals surface area contributed by atoms with Crippen LogP contribution in [0, 0.1) is 10.1 Å². The van der Waals surface area contributed by atoms with Gasteiger partial charge in [0.25, 0.3) is 11.6 Å². The second-order valence-electron chi connectivity index (χ2n) is 4.97. The molecule has 1 N–H and O–H groups in total. The van der Waals surface area contributed by atoms with Crippen LogP contribution in [0.5, 0.6) is 11.5 Å². The molecule has 0 aliphatic rings. The van der Waals surface area contributed by atoms with Gasteiger partial charge in [-0.3, -0.25) is 14.9 Å². The third kappa shape index (κ3) is 4.93. The van der Waals surface area contributed by atoms with Crippen LogP contribution < -0.4 is 14.8 Å². The molecular weight excluding hydrogens is 460 g/mol. The SMILES string of the molecule is COc1cc([N+](=O)[O-])ccc1NC(=O)[C@H](C)Oc1ccc(Br)cc1Br. The molecule has 0 aliphatic carbocycles. The topological polar surface area (TPSA) is 90.7 Å². The van der Waals surface area contributed by atoms with Crippen molar-refractivity contribution in [3.63, 3.8) is 0 Å². The molecule has 0 saturated carbocycles. The van der Waals surface area contributed by atoms with Gasteiger partial charge in [0.2, 0.25) is 0 Å². The quantitative estimate of drug-likeness (QED) is 0.491. The Morgan fingerprint density at radius 3 is 2.52 bits per heavy atom. The molecule has 2 aromatic carbocycles. The maximum atomic E-state index is 12.3. The number of benzene rings is 2. The molecule has 0 heterocycles. The minimum absolute atomic E-state index is 0.127. The second-order valence-corrected chi connectivity index (χ2v) is 6.74. The molecule has 7 nitrogen and oxygen atoms in total. The van der Waals surface area contributed by atoms with Crippen molar-refractivity contribution in [1.29, 1.82) is 0 Å². The average molecular weight is 474 g/mol. The summed E-state index contributed by atoms with van der Waals surface area (Å²) >= 11 is 6.71. The Morgan fingerprint density at radius 2 is 1.92 bits per heavy atom. The summed E-state index contributed by atoms with van der Waals surface area (Å²) in [6, 6.07) is 9.27. The Labute approximate surface area is 160 Å². The average Bonchev–Trinajstić information content (AvgIpc) is 2.57. The highest BCUT2D eigenvalue weighted by molar-refractivity contribution is 9.11. The zero-order valence-electron chi connectivity index (χ0n) is 13.3. The highest BCUT2D eigenvalue weighted by Crippen LogP contribution is 2.31. The van der Waals surface area contributed by atoms with Crippen molar-refractivity contribution in [1.82, 2.24) is 0 Å². The zero-order valence-corrected chi connectivity index (χ0v) is 16.5. The summed E-state index contributed by atoms with van der Waals surface area (Å²) in [5, 5.41) is 13.4. The first-order valence-corrected chi connectivity index (χ1v) is 8.65. The predicted octanol–water partition coefficient (Wildman–Crippen LogP) is 4.53. The number of nitro groups is 1. The van der Waals surface area contributed by atoms with Crippen LogP contribution in [0.4, 0.5) is 11.4 Å². The van der Waals surface area contributed by atoms with E-state index in [1.54, 1.807) is 25.1 Å². The van der Waals surface area contributed by atoms with Gasteiger partial charge in [-0.2, -0.15) is 0 Å². The molecule has 0 saturated heterocycles. The molecule has 0 spiro atoms. The monoisotopic (exact) mass is 472 g/mol. The van der Waals surface area contributed by atoms with E-state index in [9.17, 15) is 14.9 Å². The third-order valence-corrected chi connectivity index (χ3v) is 4.33. The highest BCUT2D eigenvalue weighted by Gasteiger charge is 2.19. The molecule has 1 amide bonds. The van der Waals surface area contributed by atoms with E-state index in [1.165, 1.54) is 25.3 Å². The molecule has 132 valence electrons. The number of hydrogen-bond acceptors (Lipinski definition) is 5. The van der Waals surface area contributed by atoms with Crippen LogP contribution in [0.2, 0.25) is 0 Å². The van der Waals surface area contributed by atoms with E-state index in [-0.39, 0.29) is 11.4 Å². The normalized spacial score (nSPS) is 11.5. The fraction of sp³-hybridized carbons (Fsp3) is 0.188. The van der Waals surface area contributed by atoms with Gasteiger partial charge in [-0.05, 0) is 47.1 Å². The third-order valence-electron chi connectivity index (χ3n) is 3.22. The van der Waals surface area contributed by atoms with Crippen LogP contribution in [-0.2, 0) is 4.79 Å². The van der Waals surface area contributed by atoms with Crippen molar-refractivity contribution in [3.05, 3.63) is 55.5 Å². The smallest absolute Gasteiger partial charge is 0.273 e. The summed E-state index contributed by atoms with van der Waals surface area (Å²) in [5.74, 6) is 0.294. The van der Waals surface area contributed by atoms with Crippen molar-refractivity contribution < 1.29 is 19.2 Å². The molecule has 0 radical (unpaired) electrons. The van der Waals surface area contributed by atoms with Gasteiger partial charge in [0, 0.05) is 10.5 Å². The number of carbonyl (C=O) groups excluding carboxylic acids is 1. The molecule has 0 unspecified atom stereocenters. The number of methoxy groups -OCH3 is 1. The number of anilines is 1. The Hall–Kier alpha value is -2.13. The number of non-ortho nitro benzene ring substituents is 1. The molecule has 0 fully saturated rings. The van der Waals surface area contributed by atoms with Crippen LogP contribution in [0.1, 0.15) is 6.92 Å². The van der Waals surface area contributed by atoms with Crippen LogP contribution in [0.15, 0.2) is 45.3 Å². The zero-order chi connectivity index (χ0) is 18.6. The van der Waals surface area contributed by atoms with E-state index in [0.717, 1.165) is 4.47 Å². The first-order chi connectivity index (χ1) is 11.8. The Morgan fingerprint density at radius 1 is 1.20 bits per heavy atom. The molecule has 9 heteroatoms. The minimum Gasteiger partial charge on any atom is -0.494 e. The van der Waals surface area contributed by atoms with Crippen molar-refractivity contribution in [3.8, 4) is 11.5 Å². The van der Waals surface area contributed by atoms with Crippen LogP contribution >= 0.6 is 31.9 Å². The van der Waals surface area contributed by atoms with Gasteiger partial charge < -0.3 is 14.8 Å². The summed E-state index contributed by atoms with van der Waals surface area (Å²) in [6.45, 7) is 1.60. The number of rotatable bonds is 6. The lowest BCUT2D eigenvalue weighted by Crippen LogP contribution is -2.30. The van der Waals surface area contributed by atoms with Crippen molar-refractivity contribution in [2.45, 2.75) is 13.0 Å². The van der Waals surface area contributed by atoms with Gasteiger partial charge in [0.05, 0.1) is 28.3 Å². The second kappa shape index (κ2) is 8.30. The van der Waals surface area contributed by atoms with E-state index in [2.05, 4.69) is 37.2 Å². The molecule has 0 aliphatic heterocycles. The van der Waals surface area contributed by atoms with Gasteiger partial charge in [-0.1, -0.05) is 15.9 Å². The lowest BCUT2D eigenvalue weighted by Gasteiger charge is -2.17. The molecule has 0 bridgehead atoms. The van der Waals surface area contributed by atoms with Gasteiger partial charge >= 0.3 is 0 Å². The minimum atomic E-state index is -0.794. The Balaban J connectivity index is 2.11. The summed E-state index contributed by atoms with van der Waals surface area (Å²) in [4.78, 5) is 22.6. The summed E-state index contributed by atoms with van der Waals surface area (Å²) in [7, 11) is 1.37. The van der Waals surface area contributed by atoms with Crippen molar-refractivity contribution in [2.75, 3.05) is 12.4 Å². The maximum absolute atomic E-state index is 12.3. The molecule has 2 rings (SSSR count). The van der Waals surface area contributed by atoms with E-state index in [1.807, 2.05) is 0 Å².